The second-order valence-corrected chi connectivity index (χ2v) is 46.4. The SMILES string of the molecule is CC(C)CCCC(C)[C@H]1CC[C@H]2[C@@H]3CC[C@H]4C[C@@H](OC(=O)N[C@@H]5[C@H](O)[C@@H](O[C@@H]6O[C@@H](C)[C@H](O[C@@H]7OC[C@@H](O)[C@H](O[C@H]8OC[C@](O)(CO)[C@H]8O)[C@H]7O)[C@@H](O)[C@H]6O)[C@H](OC(=O)[C@]67CCC(C)(C)CC6C6=CCC8[C@@]9(C)CC[C@H](O[C@@H]%10O[C@H](C(=O)O)[C@@H](O)[C@H](O[C@@H]%11OC[C@@H](O)[C@H](O)[C@H]%11O)[C@H]%10O[C@@H]%10O[C@H](CO)[C@H](O)[C@H](O)[C@H]%10O)[C@@](C)(C=O)C9CC[C@@]8(C)[C@]6(C)C[C@H]7O)O[C@@H]5CO)CC[C@]4(C)[C@H]3CC[C@]12C. The highest BCUT2D eigenvalue weighted by Gasteiger charge is 2.74. The molecule has 20 N–H and O–H groups in total. The maximum atomic E-state index is 16.5. The number of ether oxygens (including phenoxy) is 15. The highest BCUT2D eigenvalue weighted by molar-refractivity contribution is 5.80. The van der Waals surface area contributed by atoms with Gasteiger partial charge in [0.15, 0.2) is 49.9 Å². The largest absolute Gasteiger partial charge is 0.479 e. The molecule has 16 rings (SSSR count). The molecule has 7 saturated heterocycles. The number of carboxylic acid groups (broad SMARTS) is 1. The molecular formula is C97H155NO38. The minimum Gasteiger partial charge on any atom is -0.479 e. The number of carboxylic acids is 1. The van der Waals surface area contributed by atoms with Gasteiger partial charge in [0.2, 0.25) is 6.29 Å². The number of aliphatic hydroxyl groups excluding tert-OH is 17. The lowest BCUT2D eigenvalue weighted by Gasteiger charge is -2.71. The lowest BCUT2D eigenvalue weighted by Crippen LogP contribution is -2.70. The Morgan fingerprint density at radius 3 is 1.85 bits per heavy atom. The van der Waals surface area contributed by atoms with Crippen molar-refractivity contribution in [3.8, 4) is 0 Å². The molecule has 39 nitrogen and oxygen atoms in total. The van der Waals surface area contributed by atoms with Crippen LogP contribution in [-0.4, -0.2) is 369 Å². The fourth-order valence-corrected chi connectivity index (χ4v) is 29.9. The Morgan fingerprint density at radius 2 is 1.17 bits per heavy atom. The Hall–Kier alpha value is -3.62. The topological polar surface area (TPSA) is 603 Å². The van der Waals surface area contributed by atoms with Gasteiger partial charge in [-0.25, -0.2) is 9.59 Å². The molecule has 15 fully saturated rings. The summed E-state index contributed by atoms with van der Waals surface area (Å²) in [4.78, 5) is 58.9. The molecular weight excluding hydrogens is 1790 g/mol. The molecule has 8 saturated carbocycles. The number of fused-ring (bicyclic) bond motifs is 12. The zero-order valence-electron chi connectivity index (χ0n) is 80.3. The second kappa shape index (κ2) is 40.0. The van der Waals surface area contributed by atoms with Crippen molar-refractivity contribution < 1.29 is 187 Å². The first-order valence-corrected chi connectivity index (χ1v) is 50.1. The molecule has 776 valence electrons. The number of aldehydes is 1. The van der Waals surface area contributed by atoms with Gasteiger partial charge in [0.25, 0.3) is 0 Å². The molecule has 0 aromatic rings. The van der Waals surface area contributed by atoms with Crippen LogP contribution < -0.4 is 5.32 Å². The van der Waals surface area contributed by atoms with E-state index in [9.17, 15) is 111 Å². The maximum Gasteiger partial charge on any atom is 0.407 e. The molecule has 7 heterocycles. The van der Waals surface area contributed by atoms with E-state index in [2.05, 4.69) is 80.6 Å². The van der Waals surface area contributed by atoms with E-state index < -0.39 is 310 Å². The average Bonchev–Trinajstić information content (AvgIpc) is 1.67. The molecule has 9 aliphatic carbocycles. The lowest BCUT2D eigenvalue weighted by atomic mass is 9.33. The van der Waals surface area contributed by atoms with Crippen molar-refractivity contribution in [2.75, 3.05) is 39.6 Å². The summed E-state index contributed by atoms with van der Waals surface area (Å²) in [6.45, 7) is 21.3. The summed E-state index contributed by atoms with van der Waals surface area (Å²) < 4.78 is 92.1. The van der Waals surface area contributed by atoms with Crippen molar-refractivity contribution in [1.29, 1.82) is 0 Å². The molecule has 0 radical (unpaired) electrons. The fourth-order valence-electron chi connectivity index (χ4n) is 29.9. The van der Waals surface area contributed by atoms with Crippen molar-refractivity contribution in [2.24, 2.45) is 102 Å². The lowest BCUT2D eigenvalue weighted by molar-refractivity contribution is -0.391. The average molecular weight is 1940 g/mol. The zero-order valence-corrected chi connectivity index (χ0v) is 80.3. The van der Waals surface area contributed by atoms with Crippen LogP contribution in [0.5, 0.6) is 0 Å². The number of aliphatic carboxylic acids is 1. The van der Waals surface area contributed by atoms with Crippen LogP contribution in [0.3, 0.4) is 0 Å². The first kappa shape index (κ1) is 105. The Bertz CT molecular complexity index is 4170. The van der Waals surface area contributed by atoms with Gasteiger partial charge in [0, 0.05) is 0 Å². The third-order valence-corrected chi connectivity index (χ3v) is 38.0. The summed E-state index contributed by atoms with van der Waals surface area (Å²) in [5.41, 5.74) is -7.05. The predicted molar refractivity (Wildman–Crippen MR) is 468 cm³/mol. The summed E-state index contributed by atoms with van der Waals surface area (Å²) >= 11 is 0. The van der Waals surface area contributed by atoms with Gasteiger partial charge in [-0.05, 0) is 214 Å². The number of allylic oxidation sites excluding steroid dienone is 2. The van der Waals surface area contributed by atoms with Crippen molar-refractivity contribution in [3.05, 3.63) is 11.6 Å². The van der Waals surface area contributed by atoms with Crippen LogP contribution in [0.25, 0.3) is 0 Å². The molecule has 0 bridgehead atoms. The number of nitrogens with one attached hydrogen (secondary N) is 1. The van der Waals surface area contributed by atoms with E-state index in [1.54, 1.807) is 6.92 Å². The van der Waals surface area contributed by atoms with Crippen molar-refractivity contribution in [1.82, 2.24) is 5.32 Å². The quantitative estimate of drug-likeness (QED) is 0.0247. The number of esters is 1. The smallest absolute Gasteiger partial charge is 0.407 e. The normalized spacial score (nSPS) is 52.9. The van der Waals surface area contributed by atoms with Crippen LogP contribution in [0.15, 0.2) is 11.6 Å². The van der Waals surface area contributed by atoms with E-state index in [0.29, 0.717) is 92.3 Å². The summed E-state index contributed by atoms with van der Waals surface area (Å²) in [7, 11) is 0. The van der Waals surface area contributed by atoms with Crippen molar-refractivity contribution >= 4 is 24.3 Å². The minimum absolute atomic E-state index is 0.0140. The van der Waals surface area contributed by atoms with Gasteiger partial charge < -0.3 is 178 Å². The summed E-state index contributed by atoms with van der Waals surface area (Å²) in [5.74, 6) is -0.133. The number of rotatable bonds is 26. The van der Waals surface area contributed by atoms with E-state index in [1.165, 1.54) is 51.9 Å². The van der Waals surface area contributed by atoms with E-state index in [1.807, 2.05) is 0 Å². The van der Waals surface area contributed by atoms with E-state index >= 15 is 4.79 Å². The zero-order chi connectivity index (χ0) is 98.5. The second-order valence-electron chi connectivity index (χ2n) is 46.4. The monoisotopic (exact) mass is 1940 g/mol. The molecule has 0 spiro atoms. The van der Waals surface area contributed by atoms with Crippen LogP contribution >= 0.6 is 0 Å². The van der Waals surface area contributed by atoms with Gasteiger partial charge in [-0.15, -0.1) is 0 Å². The van der Waals surface area contributed by atoms with Crippen molar-refractivity contribution in [2.45, 2.75) is 426 Å². The molecule has 1 amide bonds. The summed E-state index contributed by atoms with van der Waals surface area (Å²) in [6.07, 6.45) is -40.4. The van der Waals surface area contributed by atoms with Crippen LogP contribution in [0.2, 0.25) is 0 Å². The first-order valence-electron chi connectivity index (χ1n) is 50.1. The molecule has 136 heavy (non-hydrogen) atoms. The van der Waals surface area contributed by atoms with Crippen LogP contribution in [0.4, 0.5) is 4.79 Å². The predicted octanol–water partition coefficient (Wildman–Crippen LogP) is 0.850. The van der Waals surface area contributed by atoms with Gasteiger partial charge in [-0.1, -0.05) is 107 Å². The Labute approximate surface area is 793 Å². The molecule has 0 aromatic heterocycles. The summed E-state index contributed by atoms with van der Waals surface area (Å²) in [6, 6.07) is -1.60. The van der Waals surface area contributed by atoms with Gasteiger partial charge in [-0.2, -0.15) is 0 Å². The molecule has 50 atom stereocenters. The third kappa shape index (κ3) is 18.3. The highest BCUT2D eigenvalue weighted by Crippen LogP contribution is 2.77. The highest BCUT2D eigenvalue weighted by atomic mass is 16.8. The van der Waals surface area contributed by atoms with Gasteiger partial charge >= 0.3 is 18.0 Å². The Morgan fingerprint density at radius 1 is 0.537 bits per heavy atom. The standard InChI is InChI=1S/C97H155NO38/c1-42(2)14-13-15-43(3)48-18-19-49-47-17-16-45-32-46(22-26-90(45,7)50(47)23-27-91(48,49)8)126-88(120)98-61-55(35-99)127-84(76(64(61)108)134-82-69(113)66(110)72(44(4)125-82)130-81-71(115)73(54(104)38-123-81)131-86-78(116)96(121,40-102)41-124-86)136-87(119)97-31-30-89(5,6)33-52(97)51-20-21-58-92(9)28-25-60(93(10,39-101)57(92)24-29-94(58,11)95(51,12)34-59(97)105)129-85-77(135-83-68(112)65(109)63(107)56(36-100)128-83)74(70(114)75(133-85)79(117)118)132-80-67(111)62(106)53(103)37-122-80/h20,39,42-50,52-78,80-86,99-100,102-116,121H,13-19,21-38,40-41H2,1-12H3,(H,98,120)(H,117,118)/t43?,44-,45-,46-,47-,48+,49-,50-,52?,53+,54+,55+,56+,57?,58?,59+,60-,61-,62-,63-,64-,65-,66-,67+,68+,69+,70-,71+,72-,73-,74-,75-,76+,77+,78-,80-,81-,82-,83-,84-,85+,86+,90-,91+,92-,93-,94+,95+,96+,97+/m0/s1. The number of alkyl carbamates (subject to hydrolysis) is 1. The molecule has 39 heteroatoms. The number of carbonyl (C=O) groups excluding carboxylic acids is 3. The van der Waals surface area contributed by atoms with E-state index in [-0.39, 0.29) is 36.5 Å². The summed E-state index contributed by atoms with van der Waals surface area (Å²) in [5, 5.41) is 218. The van der Waals surface area contributed by atoms with Crippen molar-refractivity contribution in [3.63, 3.8) is 0 Å². The van der Waals surface area contributed by atoms with Crippen LogP contribution in [0, 0.1) is 102 Å². The maximum absolute atomic E-state index is 16.5. The van der Waals surface area contributed by atoms with Gasteiger partial charge in [0.1, 0.15) is 139 Å². The Balaban J connectivity index is 0.651. The fraction of sp³-hybridized carbons (Fsp3) is 0.938. The number of aliphatic hydroxyl groups is 18. The minimum atomic E-state index is -2.24. The number of carbonyl (C=O) groups is 4. The van der Waals surface area contributed by atoms with E-state index in [0.717, 1.165) is 31.1 Å². The van der Waals surface area contributed by atoms with Gasteiger partial charge in [-0.3, -0.25) is 4.79 Å². The van der Waals surface area contributed by atoms with E-state index in [4.69, 9.17) is 71.1 Å². The molecule has 16 aliphatic rings. The van der Waals surface area contributed by atoms with Crippen LogP contribution in [0.1, 0.15) is 218 Å². The molecule has 4 unspecified atom stereocenters. The Kier molecular flexibility index (Phi) is 30.9. The third-order valence-electron chi connectivity index (χ3n) is 38.0. The number of hydrogen-bond donors (Lipinski definition) is 20. The van der Waals surface area contributed by atoms with Crippen LogP contribution in [-0.2, 0) is 85.4 Å². The first-order chi connectivity index (χ1) is 64.0. The number of amides is 1. The number of hydrogen-bond acceptors (Lipinski definition) is 37. The molecule has 0 aromatic carbocycles. The molecule has 7 aliphatic heterocycles. The van der Waals surface area contributed by atoms with Gasteiger partial charge in [0.05, 0.1) is 69.4 Å².